The van der Waals surface area contributed by atoms with E-state index in [0.717, 1.165) is 12.8 Å². The summed E-state index contributed by atoms with van der Waals surface area (Å²) in [6.07, 6.45) is 2.57. The van der Waals surface area contributed by atoms with E-state index in [1.165, 1.54) is 0 Å². The smallest absolute Gasteiger partial charge is 0.220 e. The Balaban J connectivity index is 3.45. The number of nitriles is 1. The summed E-state index contributed by atoms with van der Waals surface area (Å²) in [6, 6.07) is 1.96. The Morgan fingerprint density at radius 1 is 1.62 bits per heavy atom. The fourth-order valence-corrected chi connectivity index (χ4v) is 0.965. The predicted molar refractivity (Wildman–Crippen MR) is 50.7 cm³/mol. The molecular formula is C9H17N3O. The Labute approximate surface area is 79.1 Å². The fraction of sp³-hybridized carbons (Fsp3) is 0.778. The van der Waals surface area contributed by atoms with E-state index in [1.807, 2.05) is 13.0 Å². The first-order valence-corrected chi connectivity index (χ1v) is 4.57. The van der Waals surface area contributed by atoms with Crippen LogP contribution in [0, 0.1) is 11.3 Å². The van der Waals surface area contributed by atoms with E-state index in [2.05, 4.69) is 5.32 Å². The van der Waals surface area contributed by atoms with Gasteiger partial charge in [-0.25, -0.2) is 0 Å². The van der Waals surface area contributed by atoms with E-state index in [1.54, 1.807) is 0 Å². The molecule has 1 unspecified atom stereocenters. The molecule has 1 amide bonds. The molecule has 0 bridgehead atoms. The van der Waals surface area contributed by atoms with Crippen LogP contribution in [-0.4, -0.2) is 18.5 Å². The summed E-state index contributed by atoms with van der Waals surface area (Å²) in [5.41, 5.74) is 5.29. The first-order chi connectivity index (χ1) is 6.20. The standard InChI is InChI=1S/C9H17N3O/c1-8(5-7-11)12-9(13)4-2-3-6-10/h8H,2-6,10H2,1H3,(H,12,13). The van der Waals surface area contributed by atoms with Gasteiger partial charge in [-0.3, -0.25) is 4.79 Å². The fourth-order valence-electron chi connectivity index (χ4n) is 0.965. The highest BCUT2D eigenvalue weighted by Crippen LogP contribution is 1.95. The Hall–Kier alpha value is -1.08. The highest BCUT2D eigenvalue weighted by atomic mass is 16.1. The molecule has 0 saturated carbocycles. The van der Waals surface area contributed by atoms with Gasteiger partial charge < -0.3 is 11.1 Å². The van der Waals surface area contributed by atoms with Crippen LogP contribution in [0.3, 0.4) is 0 Å². The van der Waals surface area contributed by atoms with Crippen molar-refractivity contribution in [1.29, 1.82) is 5.26 Å². The molecule has 0 aliphatic heterocycles. The lowest BCUT2D eigenvalue weighted by Gasteiger charge is -2.09. The zero-order chi connectivity index (χ0) is 10.1. The summed E-state index contributed by atoms with van der Waals surface area (Å²) >= 11 is 0. The number of unbranched alkanes of at least 4 members (excludes halogenated alkanes) is 1. The lowest BCUT2D eigenvalue weighted by Crippen LogP contribution is -2.32. The third kappa shape index (κ3) is 7.29. The van der Waals surface area contributed by atoms with Crippen LogP contribution < -0.4 is 11.1 Å². The molecule has 74 valence electrons. The summed E-state index contributed by atoms with van der Waals surface area (Å²) in [7, 11) is 0. The molecule has 4 heteroatoms. The molecule has 3 N–H and O–H groups in total. The number of rotatable bonds is 6. The van der Waals surface area contributed by atoms with E-state index >= 15 is 0 Å². The zero-order valence-corrected chi connectivity index (χ0v) is 8.05. The van der Waals surface area contributed by atoms with Crippen LogP contribution in [0.1, 0.15) is 32.6 Å². The second-order valence-corrected chi connectivity index (χ2v) is 3.08. The minimum absolute atomic E-state index is 0.0104. The van der Waals surface area contributed by atoms with E-state index < -0.39 is 0 Å². The van der Waals surface area contributed by atoms with Crippen molar-refractivity contribution < 1.29 is 4.79 Å². The maximum Gasteiger partial charge on any atom is 0.220 e. The maximum absolute atomic E-state index is 11.1. The Morgan fingerprint density at radius 3 is 2.85 bits per heavy atom. The van der Waals surface area contributed by atoms with Crippen LogP contribution in [0.2, 0.25) is 0 Å². The van der Waals surface area contributed by atoms with Gasteiger partial charge in [-0.05, 0) is 26.3 Å². The van der Waals surface area contributed by atoms with Crippen molar-refractivity contribution >= 4 is 5.91 Å². The molecule has 4 nitrogen and oxygen atoms in total. The molecular weight excluding hydrogens is 166 g/mol. The quantitative estimate of drug-likeness (QED) is 0.590. The van der Waals surface area contributed by atoms with E-state index in [0.29, 0.717) is 19.4 Å². The van der Waals surface area contributed by atoms with E-state index in [4.69, 9.17) is 11.0 Å². The SMILES string of the molecule is CC(CC#N)NC(=O)CCCCN. The van der Waals surface area contributed by atoms with Gasteiger partial charge in [-0.15, -0.1) is 0 Å². The van der Waals surface area contributed by atoms with Crippen molar-refractivity contribution in [3.63, 3.8) is 0 Å². The topological polar surface area (TPSA) is 78.9 Å². The van der Waals surface area contributed by atoms with Crippen LogP contribution in [0.25, 0.3) is 0 Å². The van der Waals surface area contributed by atoms with Crippen molar-refractivity contribution in [3.05, 3.63) is 0 Å². The highest BCUT2D eigenvalue weighted by molar-refractivity contribution is 5.76. The molecule has 0 aromatic rings. The minimum atomic E-state index is -0.0459. The van der Waals surface area contributed by atoms with Gasteiger partial charge in [0.25, 0.3) is 0 Å². The van der Waals surface area contributed by atoms with Crippen molar-refractivity contribution in [3.8, 4) is 6.07 Å². The number of nitrogens with one attached hydrogen (secondary N) is 1. The average molecular weight is 183 g/mol. The average Bonchev–Trinajstić information content (AvgIpc) is 2.05. The van der Waals surface area contributed by atoms with Crippen molar-refractivity contribution in [1.82, 2.24) is 5.32 Å². The number of nitrogens with two attached hydrogens (primary N) is 1. The summed E-state index contributed by atoms with van der Waals surface area (Å²) in [5, 5.41) is 11.1. The molecule has 0 aliphatic carbocycles. The van der Waals surface area contributed by atoms with Crippen molar-refractivity contribution in [2.75, 3.05) is 6.54 Å². The maximum atomic E-state index is 11.1. The molecule has 0 aliphatic rings. The van der Waals surface area contributed by atoms with Crippen LogP contribution >= 0.6 is 0 Å². The predicted octanol–water partition coefficient (Wildman–Crippen LogP) is 0.534. The Bertz CT molecular complexity index is 186. The van der Waals surface area contributed by atoms with Crippen molar-refractivity contribution in [2.24, 2.45) is 5.73 Å². The molecule has 0 rings (SSSR count). The molecule has 0 heterocycles. The largest absolute Gasteiger partial charge is 0.353 e. The molecule has 13 heavy (non-hydrogen) atoms. The second kappa shape index (κ2) is 7.56. The molecule has 0 radical (unpaired) electrons. The number of carbonyl (C=O) groups is 1. The first-order valence-electron chi connectivity index (χ1n) is 4.57. The van der Waals surface area contributed by atoms with Gasteiger partial charge in [-0.2, -0.15) is 5.26 Å². The zero-order valence-electron chi connectivity index (χ0n) is 8.05. The lowest BCUT2D eigenvalue weighted by molar-refractivity contribution is -0.121. The summed E-state index contributed by atoms with van der Waals surface area (Å²) in [6.45, 7) is 2.45. The van der Waals surface area contributed by atoms with Crippen molar-refractivity contribution in [2.45, 2.75) is 38.6 Å². The molecule has 0 saturated heterocycles. The molecule has 0 fully saturated rings. The molecule has 0 spiro atoms. The summed E-state index contributed by atoms with van der Waals surface area (Å²) in [5.74, 6) is 0.0104. The van der Waals surface area contributed by atoms with Gasteiger partial charge in [0, 0.05) is 12.5 Å². The molecule has 0 aromatic heterocycles. The van der Waals surface area contributed by atoms with Crippen LogP contribution in [0.4, 0.5) is 0 Å². The van der Waals surface area contributed by atoms with Gasteiger partial charge in [-0.1, -0.05) is 0 Å². The summed E-state index contributed by atoms with van der Waals surface area (Å²) in [4.78, 5) is 11.1. The molecule has 1 atom stereocenters. The minimum Gasteiger partial charge on any atom is -0.353 e. The third-order valence-corrected chi connectivity index (χ3v) is 1.66. The monoisotopic (exact) mass is 183 g/mol. The number of nitrogens with zero attached hydrogens (tertiary/aromatic N) is 1. The number of hydrogen-bond acceptors (Lipinski definition) is 3. The molecule has 0 aromatic carbocycles. The Kier molecular flexibility index (Phi) is 6.93. The highest BCUT2D eigenvalue weighted by Gasteiger charge is 2.05. The van der Waals surface area contributed by atoms with E-state index in [9.17, 15) is 4.79 Å². The number of carbonyl (C=O) groups excluding carboxylic acids is 1. The van der Waals surface area contributed by atoms with Gasteiger partial charge in [0.1, 0.15) is 0 Å². The van der Waals surface area contributed by atoms with Crippen LogP contribution in [-0.2, 0) is 4.79 Å². The summed E-state index contributed by atoms with van der Waals surface area (Å²) < 4.78 is 0. The lowest BCUT2D eigenvalue weighted by atomic mass is 10.2. The third-order valence-electron chi connectivity index (χ3n) is 1.66. The number of hydrogen-bond donors (Lipinski definition) is 2. The van der Waals surface area contributed by atoms with Gasteiger partial charge in [0.05, 0.1) is 12.5 Å². The number of amides is 1. The Morgan fingerprint density at radius 2 is 2.31 bits per heavy atom. The van der Waals surface area contributed by atoms with Gasteiger partial charge in [0.15, 0.2) is 0 Å². The van der Waals surface area contributed by atoms with E-state index in [-0.39, 0.29) is 11.9 Å². The first kappa shape index (κ1) is 11.9. The van der Waals surface area contributed by atoms with Crippen LogP contribution in [0.15, 0.2) is 0 Å². The van der Waals surface area contributed by atoms with Gasteiger partial charge >= 0.3 is 0 Å². The normalized spacial score (nSPS) is 11.8. The van der Waals surface area contributed by atoms with Gasteiger partial charge in [0.2, 0.25) is 5.91 Å². The van der Waals surface area contributed by atoms with Crippen LogP contribution in [0.5, 0.6) is 0 Å². The second-order valence-electron chi connectivity index (χ2n) is 3.08.